The van der Waals surface area contributed by atoms with E-state index in [1.165, 1.54) is 11.0 Å². The molecule has 1 N–H and O–H groups in total. The van der Waals surface area contributed by atoms with Crippen molar-refractivity contribution in [2.75, 3.05) is 18.5 Å². The molecule has 0 aromatic heterocycles. The van der Waals surface area contributed by atoms with E-state index >= 15 is 0 Å². The average molecular weight is 487 g/mol. The molecule has 1 aliphatic rings. The smallest absolute Gasteiger partial charge is 0.411 e. The maximum Gasteiger partial charge on any atom is 0.411 e. The summed E-state index contributed by atoms with van der Waals surface area (Å²) in [5.74, 6) is -0.0300. The van der Waals surface area contributed by atoms with Crippen LogP contribution in [-0.2, 0) is 16.0 Å². The second kappa shape index (κ2) is 9.78. The Bertz CT molecular complexity index is 1080. The Morgan fingerprint density at radius 1 is 1.15 bits per heavy atom. The van der Waals surface area contributed by atoms with Crippen molar-refractivity contribution in [2.45, 2.75) is 65.4 Å². The molecule has 0 aliphatic carbocycles. The molecule has 0 fully saturated rings. The van der Waals surface area contributed by atoms with Crippen LogP contribution in [0.25, 0.3) is 0 Å². The second-order valence-corrected chi connectivity index (χ2v) is 15.6. The van der Waals surface area contributed by atoms with Gasteiger partial charge in [-0.3, -0.25) is 9.69 Å². The third kappa shape index (κ3) is 5.97. The zero-order valence-corrected chi connectivity index (χ0v) is 22.1. The molecule has 0 radical (unpaired) electrons. The standard InChI is InChI=1S/C26H35FN2O4Si/c1-8-32-19-10-11-20-17(15-19)13-14-29(25(31)33-26(2,3)4)23(20)24(30)28-18-9-12-22(21(27)16-18)34(5,6)7/h9-12,15-16,23H,8,13-14H2,1-7H3,(H,28,30)/t23-/m1/s1. The van der Waals surface area contributed by atoms with Crippen LogP contribution < -0.4 is 15.2 Å². The summed E-state index contributed by atoms with van der Waals surface area (Å²) < 4.78 is 26.0. The van der Waals surface area contributed by atoms with Crippen LogP contribution in [-0.4, -0.2) is 43.7 Å². The van der Waals surface area contributed by atoms with Gasteiger partial charge in [-0.15, -0.1) is 0 Å². The lowest BCUT2D eigenvalue weighted by Crippen LogP contribution is -2.47. The zero-order chi connectivity index (χ0) is 25.3. The predicted octanol–water partition coefficient (Wildman–Crippen LogP) is 5.24. The van der Waals surface area contributed by atoms with E-state index in [-0.39, 0.29) is 5.82 Å². The number of halogens is 1. The normalized spacial score (nSPS) is 16.0. The Kier molecular flexibility index (Phi) is 7.40. The lowest BCUT2D eigenvalue weighted by molar-refractivity contribution is -0.121. The number of fused-ring (bicyclic) bond motifs is 1. The molecule has 1 aliphatic heterocycles. The van der Waals surface area contributed by atoms with Gasteiger partial charge in [0.1, 0.15) is 23.2 Å². The molecule has 1 heterocycles. The molecule has 2 aromatic rings. The fourth-order valence-corrected chi connectivity index (χ4v) is 5.44. The third-order valence-corrected chi connectivity index (χ3v) is 7.60. The van der Waals surface area contributed by atoms with Gasteiger partial charge in [-0.05, 0) is 74.7 Å². The molecule has 3 rings (SSSR count). The summed E-state index contributed by atoms with van der Waals surface area (Å²) >= 11 is 0. The van der Waals surface area contributed by atoms with E-state index in [4.69, 9.17) is 9.47 Å². The lowest BCUT2D eigenvalue weighted by Gasteiger charge is -2.37. The number of hydrogen-bond acceptors (Lipinski definition) is 4. The molecule has 2 amide bonds. The number of hydrogen-bond donors (Lipinski definition) is 1. The first kappa shape index (κ1) is 25.7. The van der Waals surface area contributed by atoms with Crippen molar-refractivity contribution in [1.82, 2.24) is 4.90 Å². The Morgan fingerprint density at radius 2 is 1.85 bits per heavy atom. The molecule has 1 atom stereocenters. The summed E-state index contributed by atoms with van der Waals surface area (Å²) in [6.07, 6.45) is 0.00571. The Labute approximate surface area is 202 Å². The molecule has 8 heteroatoms. The number of carbonyl (C=O) groups excluding carboxylic acids is 2. The molecular weight excluding hydrogens is 451 g/mol. The summed E-state index contributed by atoms with van der Waals surface area (Å²) in [6, 6.07) is 9.42. The summed E-state index contributed by atoms with van der Waals surface area (Å²) in [5.41, 5.74) is 1.29. The van der Waals surface area contributed by atoms with Gasteiger partial charge in [-0.1, -0.05) is 31.8 Å². The Balaban J connectivity index is 1.95. The predicted molar refractivity (Wildman–Crippen MR) is 135 cm³/mol. The van der Waals surface area contributed by atoms with Gasteiger partial charge in [0, 0.05) is 12.2 Å². The summed E-state index contributed by atoms with van der Waals surface area (Å²) in [5, 5.41) is 3.52. The monoisotopic (exact) mass is 486 g/mol. The molecule has 0 unspecified atom stereocenters. The van der Waals surface area contributed by atoms with Gasteiger partial charge >= 0.3 is 6.09 Å². The highest BCUT2D eigenvalue weighted by Crippen LogP contribution is 2.34. The number of amides is 2. The van der Waals surface area contributed by atoms with E-state index < -0.39 is 31.7 Å². The largest absolute Gasteiger partial charge is 0.494 e. The number of nitrogens with one attached hydrogen (secondary N) is 1. The van der Waals surface area contributed by atoms with Crippen LogP contribution in [0, 0.1) is 5.82 Å². The minimum atomic E-state index is -1.85. The van der Waals surface area contributed by atoms with E-state index in [0.717, 1.165) is 11.3 Å². The Morgan fingerprint density at radius 3 is 2.44 bits per heavy atom. The minimum Gasteiger partial charge on any atom is -0.494 e. The molecular formula is C26H35FN2O4Si. The van der Waals surface area contributed by atoms with Gasteiger partial charge in [0.2, 0.25) is 0 Å². The van der Waals surface area contributed by atoms with E-state index in [1.807, 2.05) is 19.1 Å². The molecule has 6 nitrogen and oxygen atoms in total. The second-order valence-electron chi connectivity index (χ2n) is 10.6. The molecule has 34 heavy (non-hydrogen) atoms. The van der Waals surface area contributed by atoms with Crippen molar-refractivity contribution in [3.8, 4) is 5.75 Å². The Hall–Kier alpha value is -2.87. The van der Waals surface area contributed by atoms with Crippen molar-refractivity contribution < 1.29 is 23.5 Å². The van der Waals surface area contributed by atoms with Crippen LogP contribution >= 0.6 is 0 Å². The molecule has 0 bridgehead atoms. The molecule has 2 aromatic carbocycles. The first-order valence-corrected chi connectivity index (χ1v) is 15.2. The summed E-state index contributed by atoms with van der Waals surface area (Å²) in [7, 11) is -1.85. The fraction of sp³-hybridized carbons (Fsp3) is 0.462. The van der Waals surface area contributed by atoms with Crippen LogP contribution in [0.1, 0.15) is 44.9 Å². The SMILES string of the molecule is CCOc1ccc2c(c1)CCN(C(=O)OC(C)(C)C)[C@H]2C(=O)Nc1ccc([Si](C)(C)C)c(F)c1. The van der Waals surface area contributed by atoms with Crippen LogP contribution in [0.3, 0.4) is 0 Å². The quantitative estimate of drug-likeness (QED) is 0.587. The summed E-state index contributed by atoms with van der Waals surface area (Å²) in [4.78, 5) is 28.0. The van der Waals surface area contributed by atoms with Crippen molar-refractivity contribution in [1.29, 1.82) is 0 Å². The van der Waals surface area contributed by atoms with Gasteiger partial charge in [0.25, 0.3) is 5.91 Å². The topological polar surface area (TPSA) is 67.9 Å². The number of ether oxygens (including phenoxy) is 2. The van der Waals surface area contributed by atoms with Gasteiger partial charge < -0.3 is 14.8 Å². The van der Waals surface area contributed by atoms with Crippen molar-refractivity contribution in [2.24, 2.45) is 0 Å². The van der Waals surface area contributed by atoms with Crippen molar-refractivity contribution >= 4 is 30.9 Å². The van der Waals surface area contributed by atoms with Crippen molar-refractivity contribution in [3.05, 3.63) is 53.3 Å². The van der Waals surface area contributed by atoms with E-state index in [1.54, 1.807) is 39.0 Å². The molecule has 0 saturated heterocycles. The maximum atomic E-state index is 14.8. The first-order chi connectivity index (χ1) is 15.8. The van der Waals surface area contributed by atoms with Gasteiger partial charge in [0.05, 0.1) is 14.7 Å². The minimum absolute atomic E-state index is 0.318. The zero-order valence-electron chi connectivity index (χ0n) is 21.1. The highest BCUT2D eigenvalue weighted by atomic mass is 28.3. The highest BCUT2D eigenvalue weighted by molar-refractivity contribution is 6.88. The lowest BCUT2D eigenvalue weighted by atomic mass is 9.92. The van der Waals surface area contributed by atoms with E-state index in [0.29, 0.717) is 36.0 Å². The number of carbonyl (C=O) groups is 2. The average Bonchev–Trinajstić information content (AvgIpc) is 2.70. The number of rotatable bonds is 5. The molecule has 0 spiro atoms. The highest BCUT2D eigenvalue weighted by Gasteiger charge is 2.38. The molecule has 184 valence electrons. The number of anilines is 1. The van der Waals surface area contributed by atoms with Crippen LogP contribution in [0.5, 0.6) is 5.75 Å². The van der Waals surface area contributed by atoms with Crippen LogP contribution in [0.4, 0.5) is 14.9 Å². The number of benzene rings is 2. The summed E-state index contributed by atoms with van der Waals surface area (Å²) in [6.45, 7) is 14.3. The van der Waals surface area contributed by atoms with Gasteiger partial charge in [-0.25, -0.2) is 9.18 Å². The van der Waals surface area contributed by atoms with Crippen molar-refractivity contribution in [3.63, 3.8) is 0 Å². The van der Waals surface area contributed by atoms with Gasteiger partial charge in [-0.2, -0.15) is 0 Å². The maximum absolute atomic E-state index is 14.8. The van der Waals surface area contributed by atoms with Gasteiger partial charge in [0.15, 0.2) is 0 Å². The number of nitrogens with zero attached hydrogens (tertiary/aromatic N) is 1. The van der Waals surface area contributed by atoms with E-state index in [2.05, 4.69) is 25.0 Å². The fourth-order valence-electron chi connectivity index (χ4n) is 4.07. The molecule has 0 saturated carbocycles. The van der Waals surface area contributed by atoms with E-state index in [9.17, 15) is 14.0 Å². The van der Waals surface area contributed by atoms with Crippen LogP contribution in [0.15, 0.2) is 36.4 Å². The first-order valence-electron chi connectivity index (χ1n) is 11.7. The third-order valence-electron chi connectivity index (χ3n) is 5.57. The van der Waals surface area contributed by atoms with Crippen LogP contribution in [0.2, 0.25) is 19.6 Å².